The molecule has 0 N–H and O–H groups in total. The third-order valence-corrected chi connectivity index (χ3v) is 6.57. The lowest BCUT2D eigenvalue weighted by atomic mass is 10.0. The molecule has 0 radical (unpaired) electrons. The molecule has 5 aromatic rings. The van der Waals surface area contributed by atoms with Gasteiger partial charge in [0.15, 0.2) is 0 Å². The largest absolute Gasteiger partial charge is 0.335 e. The number of carbonyl (C=O) groups is 1. The minimum Gasteiger partial charge on any atom is -0.335 e. The molecule has 2 aromatic carbocycles. The Labute approximate surface area is 189 Å². The first kappa shape index (κ1) is 20.1. The number of nitrogens with zero attached hydrogens (tertiary/aromatic N) is 5. The summed E-state index contributed by atoms with van der Waals surface area (Å²) in [5.41, 5.74) is 4.27. The van der Waals surface area contributed by atoms with Crippen LogP contribution in [-0.2, 0) is 0 Å². The molecule has 0 saturated carbocycles. The molecular formula is C25H21N5OS. The van der Waals surface area contributed by atoms with Crippen molar-refractivity contribution in [2.24, 2.45) is 0 Å². The summed E-state index contributed by atoms with van der Waals surface area (Å²) in [4.78, 5) is 25.2. The predicted octanol–water partition coefficient (Wildman–Crippen LogP) is 5.38. The Balaban J connectivity index is 1.48. The van der Waals surface area contributed by atoms with Crippen molar-refractivity contribution in [3.05, 3.63) is 95.9 Å². The van der Waals surface area contributed by atoms with E-state index in [4.69, 9.17) is 4.98 Å². The minimum atomic E-state index is -0.107. The molecule has 1 amide bonds. The minimum absolute atomic E-state index is 0.0331. The number of pyridine rings is 1. The average Bonchev–Trinajstić information content (AvgIpc) is 3.57. The van der Waals surface area contributed by atoms with E-state index in [-0.39, 0.29) is 11.9 Å². The van der Waals surface area contributed by atoms with Crippen molar-refractivity contribution >= 4 is 28.1 Å². The summed E-state index contributed by atoms with van der Waals surface area (Å²) < 4.78 is 1.71. The highest BCUT2D eigenvalue weighted by Gasteiger charge is 2.22. The van der Waals surface area contributed by atoms with Crippen LogP contribution in [0.2, 0.25) is 0 Å². The number of para-hydroxylation sites is 1. The van der Waals surface area contributed by atoms with Crippen molar-refractivity contribution < 1.29 is 4.79 Å². The van der Waals surface area contributed by atoms with E-state index in [1.165, 1.54) is 6.33 Å². The Bertz CT molecular complexity index is 1360. The molecular weight excluding hydrogens is 418 g/mol. The number of benzene rings is 2. The van der Waals surface area contributed by atoms with Gasteiger partial charge >= 0.3 is 0 Å². The summed E-state index contributed by atoms with van der Waals surface area (Å²) in [6.07, 6.45) is 3.17. The number of hydrogen-bond acceptors (Lipinski definition) is 5. The van der Waals surface area contributed by atoms with Crippen LogP contribution in [-0.4, -0.2) is 37.6 Å². The molecule has 0 unspecified atom stereocenters. The zero-order chi connectivity index (χ0) is 22.1. The van der Waals surface area contributed by atoms with Crippen molar-refractivity contribution in [2.75, 3.05) is 7.05 Å². The SMILES string of the molecule is C[C@H](c1ccc(-n2cncn2)cc1)N(C)C(=O)c1cc(-c2cccs2)nc2ccccc12. The van der Waals surface area contributed by atoms with Gasteiger partial charge in [0.1, 0.15) is 12.7 Å². The molecule has 0 aliphatic carbocycles. The van der Waals surface area contributed by atoms with Gasteiger partial charge in [-0.05, 0) is 48.2 Å². The summed E-state index contributed by atoms with van der Waals surface area (Å²) in [6, 6.07) is 21.6. The van der Waals surface area contributed by atoms with Crippen molar-refractivity contribution in [3.8, 4) is 16.3 Å². The molecule has 0 aliphatic heterocycles. The third-order valence-electron chi connectivity index (χ3n) is 5.68. The summed E-state index contributed by atoms with van der Waals surface area (Å²) in [7, 11) is 1.85. The normalized spacial score (nSPS) is 12.1. The van der Waals surface area contributed by atoms with Crippen LogP contribution >= 0.6 is 11.3 Å². The fourth-order valence-corrected chi connectivity index (χ4v) is 4.43. The Morgan fingerprint density at radius 3 is 2.59 bits per heavy atom. The predicted molar refractivity (Wildman–Crippen MR) is 127 cm³/mol. The highest BCUT2D eigenvalue weighted by molar-refractivity contribution is 7.13. The van der Waals surface area contributed by atoms with Gasteiger partial charge in [-0.25, -0.2) is 14.6 Å². The second kappa shape index (κ2) is 8.36. The zero-order valence-electron chi connectivity index (χ0n) is 17.7. The standard InChI is InChI=1S/C25H21N5OS/c1-17(18-9-11-19(12-10-18)30-16-26-15-27-30)29(2)25(31)21-14-23(24-8-5-13-32-24)28-22-7-4-3-6-20(21)22/h3-17H,1-2H3/t17-/m1/s1. The highest BCUT2D eigenvalue weighted by Crippen LogP contribution is 2.30. The van der Waals surface area contributed by atoms with Gasteiger partial charge < -0.3 is 4.90 Å². The summed E-state index contributed by atoms with van der Waals surface area (Å²) in [5, 5.41) is 7.04. The Hall–Kier alpha value is -3.84. The van der Waals surface area contributed by atoms with Gasteiger partial charge in [0, 0.05) is 12.4 Å². The Kier molecular flexibility index (Phi) is 5.25. The second-order valence-corrected chi connectivity index (χ2v) is 8.52. The smallest absolute Gasteiger partial charge is 0.254 e. The van der Waals surface area contributed by atoms with Crippen LogP contribution in [0.4, 0.5) is 0 Å². The van der Waals surface area contributed by atoms with Gasteiger partial charge in [-0.3, -0.25) is 4.79 Å². The van der Waals surface area contributed by atoms with E-state index in [9.17, 15) is 4.79 Å². The van der Waals surface area contributed by atoms with Gasteiger partial charge in [-0.15, -0.1) is 11.3 Å². The monoisotopic (exact) mass is 439 g/mol. The van der Waals surface area contributed by atoms with Crippen LogP contribution in [0, 0.1) is 0 Å². The van der Waals surface area contributed by atoms with Crippen molar-refractivity contribution in [1.82, 2.24) is 24.6 Å². The molecule has 6 nitrogen and oxygen atoms in total. The van der Waals surface area contributed by atoms with Gasteiger partial charge in [0.2, 0.25) is 0 Å². The number of thiophene rings is 1. The Morgan fingerprint density at radius 2 is 1.88 bits per heavy atom. The van der Waals surface area contributed by atoms with E-state index < -0.39 is 0 Å². The van der Waals surface area contributed by atoms with Gasteiger partial charge in [-0.2, -0.15) is 5.10 Å². The molecule has 5 rings (SSSR count). The topological polar surface area (TPSA) is 63.9 Å². The summed E-state index contributed by atoms with van der Waals surface area (Å²) in [6.45, 7) is 2.03. The van der Waals surface area contributed by atoms with Gasteiger partial charge in [0.25, 0.3) is 5.91 Å². The van der Waals surface area contributed by atoms with E-state index in [1.54, 1.807) is 27.2 Å². The molecule has 158 valence electrons. The van der Waals surface area contributed by atoms with Gasteiger partial charge in [-0.1, -0.05) is 36.4 Å². The van der Waals surface area contributed by atoms with E-state index >= 15 is 0 Å². The number of fused-ring (bicyclic) bond motifs is 1. The van der Waals surface area contributed by atoms with E-state index in [0.29, 0.717) is 5.56 Å². The number of hydrogen-bond donors (Lipinski definition) is 0. The molecule has 0 spiro atoms. The number of amides is 1. The first-order valence-corrected chi connectivity index (χ1v) is 11.2. The van der Waals surface area contributed by atoms with Crippen molar-refractivity contribution in [3.63, 3.8) is 0 Å². The van der Waals surface area contributed by atoms with Gasteiger partial charge in [0.05, 0.1) is 33.4 Å². The Morgan fingerprint density at radius 1 is 1.06 bits per heavy atom. The van der Waals surface area contributed by atoms with Crippen LogP contribution in [0.5, 0.6) is 0 Å². The van der Waals surface area contributed by atoms with Crippen LogP contribution < -0.4 is 0 Å². The number of aromatic nitrogens is 4. The quantitative estimate of drug-likeness (QED) is 0.369. The maximum absolute atomic E-state index is 13.6. The molecule has 0 saturated heterocycles. The fraction of sp³-hybridized carbons (Fsp3) is 0.120. The summed E-state index contributed by atoms with van der Waals surface area (Å²) >= 11 is 1.62. The van der Waals surface area contributed by atoms with Crippen molar-refractivity contribution in [1.29, 1.82) is 0 Å². The highest BCUT2D eigenvalue weighted by atomic mass is 32.1. The molecule has 7 heteroatoms. The summed E-state index contributed by atoms with van der Waals surface area (Å²) in [5.74, 6) is -0.0331. The van der Waals surface area contributed by atoms with Crippen LogP contribution in [0.1, 0.15) is 28.9 Å². The van der Waals surface area contributed by atoms with E-state index in [2.05, 4.69) is 10.1 Å². The average molecular weight is 440 g/mol. The lowest BCUT2D eigenvalue weighted by molar-refractivity contribution is 0.0744. The third kappa shape index (κ3) is 3.67. The fourth-order valence-electron chi connectivity index (χ4n) is 3.74. The molecule has 0 fully saturated rings. The van der Waals surface area contributed by atoms with Crippen LogP contribution in [0.25, 0.3) is 27.2 Å². The van der Waals surface area contributed by atoms with E-state index in [0.717, 1.165) is 32.7 Å². The molecule has 3 aromatic heterocycles. The van der Waals surface area contributed by atoms with Crippen LogP contribution in [0.3, 0.4) is 0 Å². The molecule has 1 atom stereocenters. The zero-order valence-corrected chi connectivity index (χ0v) is 18.5. The lowest BCUT2D eigenvalue weighted by Gasteiger charge is -2.26. The molecule has 0 aliphatic rings. The number of carbonyl (C=O) groups excluding carboxylic acids is 1. The maximum atomic E-state index is 13.6. The molecule has 0 bridgehead atoms. The first-order chi connectivity index (χ1) is 15.6. The first-order valence-electron chi connectivity index (χ1n) is 10.3. The lowest BCUT2D eigenvalue weighted by Crippen LogP contribution is -2.30. The van der Waals surface area contributed by atoms with E-state index in [1.807, 2.05) is 86.1 Å². The molecule has 32 heavy (non-hydrogen) atoms. The van der Waals surface area contributed by atoms with Crippen LogP contribution in [0.15, 0.2) is 84.8 Å². The maximum Gasteiger partial charge on any atom is 0.254 e. The molecule has 3 heterocycles. The second-order valence-electron chi connectivity index (χ2n) is 7.57. The number of rotatable bonds is 5. The van der Waals surface area contributed by atoms with Crippen molar-refractivity contribution in [2.45, 2.75) is 13.0 Å².